The number of aryl methyl sites for hydroxylation is 1. The maximum Gasteiger partial charge on any atom is 0.329 e. The fraction of sp³-hybridized carbons (Fsp3) is 0.217. The first-order valence-electron chi connectivity index (χ1n) is 10.1. The Hall–Kier alpha value is -4.14. The van der Waals surface area contributed by atoms with Gasteiger partial charge in [-0.25, -0.2) is 14.7 Å². The molecule has 4 amide bonds. The van der Waals surface area contributed by atoms with E-state index in [0.29, 0.717) is 17.3 Å². The number of nitrogens with zero attached hydrogens (tertiary/aromatic N) is 3. The van der Waals surface area contributed by atoms with E-state index < -0.39 is 24.0 Å². The number of ether oxygens (including phenoxy) is 1. The number of carbonyl (C=O) groups is 3. The van der Waals surface area contributed by atoms with Crippen molar-refractivity contribution in [2.75, 3.05) is 12.0 Å². The second-order valence-corrected chi connectivity index (χ2v) is 7.39. The minimum absolute atomic E-state index is 0.189. The summed E-state index contributed by atoms with van der Waals surface area (Å²) < 4.78 is 6.93. The van der Waals surface area contributed by atoms with Crippen molar-refractivity contribution in [1.29, 1.82) is 0 Å². The Balaban J connectivity index is 1.48. The first kappa shape index (κ1) is 21.1. The molecule has 4 rings (SSSR count). The molecule has 9 heteroatoms. The first-order chi connectivity index (χ1) is 15.5. The highest BCUT2D eigenvalue weighted by atomic mass is 16.5. The van der Waals surface area contributed by atoms with Crippen LogP contribution in [0.2, 0.25) is 0 Å². The van der Waals surface area contributed by atoms with Crippen molar-refractivity contribution in [3.05, 3.63) is 78.4 Å². The molecule has 1 fully saturated rings. The molecule has 0 bridgehead atoms. The first-order valence-corrected chi connectivity index (χ1v) is 10.1. The Morgan fingerprint density at radius 3 is 2.50 bits per heavy atom. The van der Waals surface area contributed by atoms with E-state index in [0.717, 1.165) is 10.5 Å². The van der Waals surface area contributed by atoms with Gasteiger partial charge in [0.05, 0.1) is 19.2 Å². The number of carbonyl (C=O) groups excluding carboxylic acids is 3. The zero-order valence-electron chi connectivity index (χ0n) is 17.7. The van der Waals surface area contributed by atoms with Crippen LogP contribution < -0.4 is 20.3 Å². The summed E-state index contributed by atoms with van der Waals surface area (Å²) in [5.74, 6) is 0.407. The maximum atomic E-state index is 12.9. The molecule has 2 aromatic carbocycles. The zero-order valence-corrected chi connectivity index (χ0v) is 17.7. The summed E-state index contributed by atoms with van der Waals surface area (Å²) in [4.78, 5) is 43.6. The molecule has 2 atom stereocenters. The molecule has 164 valence electrons. The standard InChI is InChI=1S/C23H23N5O4/c1-27-13-12-24-21(27)20(15-6-4-3-5-7-15)26-19(29)14-18-22(30)28(23(31)25-18)16-8-10-17(32-2)11-9-16/h3-13,18,20H,14H2,1-2H3,(H,25,31)(H,26,29)/t18-,20-/m1/s1. The van der Waals surface area contributed by atoms with Crippen molar-refractivity contribution in [3.8, 4) is 5.75 Å². The molecule has 0 unspecified atom stereocenters. The Bertz CT molecular complexity index is 1130. The van der Waals surface area contributed by atoms with Crippen molar-refractivity contribution in [1.82, 2.24) is 20.2 Å². The average Bonchev–Trinajstić information content (AvgIpc) is 3.35. The van der Waals surface area contributed by atoms with Gasteiger partial charge in [0.2, 0.25) is 5.91 Å². The molecule has 2 N–H and O–H groups in total. The van der Waals surface area contributed by atoms with E-state index in [1.165, 1.54) is 7.11 Å². The van der Waals surface area contributed by atoms with Crippen LogP contribution in [0.3, 0.4) is 0 Å². The molecular weight excluding hydrogens is 410 g/mol. The molecule has 2 heterocycles. The highest BCUT2D eigenvalue weighted by molar-refractivity contribution is 6.22. The number of benzene rings is 2. The molecule has 9 nitrogen and oxygen atoms in total. The Morgan fingerprint density at radius 2 is 1.88 bits per heavy atom. The number of hydrogen-bond donors (Lipinski definition) is 2. The number of imide groups is 1. The predicted octanol–water partition coefficient (Wildman–Crippen LogP) is 2.15. The van der Waals surface area contributed by atoms with Crippen LogP contribution in [0.1, 0.15) is 23.9 Å². The lowest BCUT2D eigenvalue weighted by molar-refractivity contribution is -0.126. The van der Waals surface area contributed by atoms with E-state index in [-0.39, 0.29) is 12.3 Å². The SMILES string of the molecule is COc1ccc(N2C(=O)N[C@H](CC(=O)N[C@H](c3ccccc3)c3nccn3C)C2=O)cc1. The van der Waals surface area contributed by atoms with Gasteiger partial charge in [-0.3, -0.25) is 9.59 Å². The highest BCUT2D eigenvalue weighted by Crippen LogP contribution is 2.24. The van der Waals surface area contributed by atoms with E-state index in [2.05, 4.69) is 15.6 Å². The summed E-state index contributed by atoms with van der Waals surface area (Å²) in [6.45, 7) is 0. The second kappa shape index (κ2) is 8.93. The van der Waals surface area contributed by atoms with E-state index in [1.54, 1.807) is 36.7 Å². The van der Waals surface area contributed by atoms with Gasteiger partial charge in [-0.15, -0.1) is 0 Å². The third-order valence-electron chi connectivity index (χ3n) is 5.29. The number of rotatable bonds is 7. The topological polar surface area (TPSA) is 106 Å². The summed E-state index contributed by atoms with van der Waals surface area (Å²) in [5, 5.41) is 5.54. The molecule has 0 radical (unpaired) electrons. The van der Waals surface area contributed by atoms with Gasteiger partial charge < -0.3 is 19.9 Å². The molecule has 0 saturated carbocycles. The summed E-state index contributed by atoms with van der Waals surface area (Å²) in [7, 11) is 3.38. The lowest BCUT2D eigenvalue weighted by atomic mass is 10.1. The molecular formula is C23H23N5O4. The lowest BCUT2D eigenvalue weighted by Crippen LogP contribution is -2.38. The van der Waals surface area contributed by atoms with Crippen LogP contribution >= 0.6 is 0 Å². The van der Waals surface area contributed by atoms with Gasteiger partial charge in [0.1, 0.15) is 23.7 Å². The maximum absolute atomic E-state index is 12.9. The van der Waals surface area contributed by atoms with Crippen molar-refractivity contribution >= 4 is 23.5 Å². The number of imidazole rings is 1. The van der Waals surface area contributed by atoms with Crippen molar-refractivity contribution < 1.29 is 19.1 Å². The molecule has 0 spiro atoms. The number of anilines is 1. The van der Waals surface area contributed by atoms with Gasteiger partial charge in [0, 0.05) is 19.4 Å². The van der Waals surface area contributed by atoms with E-state index in [9.17, 15) is 14.4 Å². The largest absolute Gasteiger partial charge is 0.497 e. The van der Waals surface area contributed by atoms with Crippen LogP contribution in [-0.4, -0.2) is 40.5 Å². The van der Waals surface area contributed by atoms with Crippen molar-refractivity contribution in [3.63, 3.8) is 0 Å². The highest BCUT2D eigenvalue weighted by Gasteiger charge is 2.40. The van der Waals surface area contributed by atoms with E-state index in [4.69, 9.17) is 4.74 Å². The quantitative estimate of drug-likeness (QED) is 0.556. The number of aromatic nitrogens is 2. The number of amides is 4. The third-order valence-corrected chi connectivity index (χ3v) is 5.29. The Labute approximate surface area is 185 Å². The number of hydrogen-bond acceptors (Lipinski definition) is 5. The molecule has 32 heavy (non-hydrogen) atoms. The number of nitrogens with one attached hydrogen (secondary N) is 2. The molecule has 1 aliphatic rings. The van der Waals surface area contributed by atoms with Crippen molar-refractivity contribution in [2.24, 2.45) is 7.05 Å². The number of urea groups is 1. The summed E-state index contributed by atoms with van der Waals surface area (Å²) >= 11 is 0. The van der Waals surface area contributed by atoms with Gasteiger partial charge in [-0.1, -0.05) is 30.3 Å². The van der Waals surface area contributed by atoms with Gasteiger partial charge in [-0.2, -0.15) is 0 Å². The summed E-state index contributed by atoms with van der Waals surface area (Å²) in [6, 6.07) is 14.0. The molecule has 3 aromatic rings. The predicted molar refractivity (Wildman–Crippen MR) is 117 cm³/mol. The van der Waals surface area contributed by atoms with Crippen LogP contribution in [0, 0.1) is 0 Å². The van der Waals surface area contributed by atoms with Gasteiger partial charge >= 0.3 is 6.03 Å². The normalized spacial score (nSPS) is 16.6. The average molecular weight is 433 g/mol. The van der Waals surface area contributed by atoms with Gasteiger partial charge in [0.25, 0.3) is 5.91 Å². The fourth-order valence-corrected chi connectivity index (χ4v) is 3.65. The number of methoxy groups -OCH3 is 1. The van der Waals surface area contributed by atoms with E-state index in [1.807, 2.05) is 41.9 Å². The van der Waals surface area contributed by atoms with Crippen LogP contribution in [0.5, 0.6) is 5.75 Å². The molecule has 1 saturated heterocycles. The Kier molecular flexibility index (Phi) is 5.89. The summed E-state index contributed by atoms with van der Waals surface area (Å²) in [5.41, 5.74) is 1.27. The Morgan fingerprint density at radius 1 is 1.16 bits per heavy atom. The summed E-state index contributed by atoms with van der Waals surface area (Å²) in [6.07, 6.45) is 3.26. The van der Waals surface area contributed by atoms with Gasteiger partial charge in [-0.05, 0) is 29.8 Å². The molecule has 1 aliphatic heterocycles. The smallest absolute Gasteiger partial charge is 0.329 e. The minimum atomic E-state index is -0.956. The van der Waals surface area contributed by atoms with Crippen LogP contribution in [0.25, 0.3) is 0 Å². The minimum Gasteiger partial charge on any atom is -0.497 e. The van der Waals surface area contributed by atoms with Crippen LogP contribution in [-0.2, 0) is 16.6 Å². The van der Waals surface area contributed by atoms with Crippen molar-refractivity contribution in [2.45, 2.75) is 18.5 Å². The zero-order chi connectivity index (χ0) is 22.7. The van der Waals surface area contributed by atoms with Gasteiger partial charge in [0.15, 0.2) is 0 Å². The lowest BCUT2D eigenvalue weighted by Gasteiger charge is -2.20. The van der Waals surface area contributed by atoms with Crippen LogP contribution in [0.15, 0.2) is 67.0 Å². The second-order valence-electron chi connectivity index (χ2n) is 7.39. The molecule has 0 aliphatic carbocycles. The third kappa shape index (κ3) is 4.18. The molecule has 1 aromatic heterocycles. The van der Waals surface area contributed by atoms with E-state index >= 15 is 0 Å². The fourth-order valence-electron chi connectivity index (χ4n) is 3.65. The monoisotopic (exact) mass is 433 g/mol. The van der Waals surface area contributed by atoms with Crippen LogP contribution in [0.4, 0.5) is 10.5 Å².